The van der Waals surface area contributed by atoms with Gasteiger partial charge in [-0.1, -0.05) is 6.42 Å². The zero-order valence-electron chi connectivity index (χ0n) is 15.5. The van der Waals surface area contributed by atoms with Crippen molar-refractivity contribution in [3.05, 3.63) is 11.6 Å². The van der Waals surface area contributed by atoms with Crippen molar-refractivity contribution in [3.8, 4) is 0 Å². The highest BCUT2D eigenvalue weighted by molar-refractivity contribution is 14.0. The molecule has 2 N–H and O–H groups in total. The molecule has 0 aromatic carbocycles. The number of nitrogens with zero attached hydrogens (tertiary/aromatic N) is 5. The fraction of sp³-hybridized carbons (Fsp3) is 0.824. The fourth-order valence-electron chi connectivity index (χ4n) is 3.70. The second kappa shape index (κ2) is 10.3. The number of likely N-dealkylation sites (tertiary alicyclic amines) is 1. The molecule has 0 aliphatic carbocycles. The molecule has 1 unspecified atom stereocenters. The molecular weight excluding hydrogens is 429 g/mol. The predicted molar refractivity (Wildman–Crippen MR) is 111 cm³/mol. The maximum Gasteiger partial charge on any atom is 0.191 e. The summed E-state index contributed by atoms with van der Waals surface area (Å²) in [6.07, 6.45) is 7.46. The quantitative estimate of drug-likeness (QED) is 0.293. The zero-order valence-corrected chi connectivity index (χ0v) is 17.8. The predicted octanol–water partition coefficient (Wildman–Crippen LogP) is 1.77. The molecule has 0 amide bonds. The largest absolute Gasteiger partial charge is 0.356 e. The van der Waals surface area contributed by atoms with Crippen molar-refractivity contribution in [3.63, 3.8) is 0 Å². The van der Waals surface area contributed by atoms with Crippen LogP contribution in [-0.4, -0.2) is 58.3 Å². The number of hydrogen-bond donors (Lipinski definition) is 2. The van der Waals surface area contributed by atoms with Gasteiger partial charge in [0.05, 0.1) is 6.54 Å². The van der Waals surface area contributed by atoms with Gasteiger partial charge in [-0.05, 0) is 39.2 Å². The van der Waals surface area contributed by atoms with E-state index >= 15 is 0 Å². The van der Waals surface area contributed by atoms with E-state index in [0.717, 1.165) is 49.6 Å². The van der Waals surface area contributed by atoms with Gasteiger partial charge in [-0.15, -0.1) is 34.2 Å². The molecule has 2 aliphatic rings. The Morgan fingerprint density at radius 2 is 2.08 bits per heavy atom. The standard InChI is InChI=1S/C17H31N7.HI/c1-14-7-3-4-10-23(14)11-6-9-19-17(18-2)20-13-16-22-21-15-8-5-12-24(15)16;/h14H,3-13H2,1-2H3,(H2,18,19,20);1H. The molecule has 1 fully saturated rings. The highest BCUT2D eigenvalue weighted by Crippen LogP contribution is 2.16. The van der Waals surface area contributed by atoms with Gasteiger partial charge in [0.15, 0.2) is 11.8 Å². The number of hydrogen-bond acceptors (Lipinski definition) is 4. The normalized spacial score (nSPS) is 20.9. The molecule has 1 saturated heterocycles. The first kappa shape index (κ1) is 20.4. The van der Waals surface area contributed by atoms with Crippen molar-refractivity contribution in [2.45, 2.75) is 64.6 Å². The van der Waals surface area contributed by atoms with Crippen LogP contribution in [0.5, 0.6) is 0 Å². The van der Waals surface area contributed by atoms with Crippen LogP contribution in [-0.2, 0) is 19.5 Å². The lowest BCUT2D eigenvalue weighted by molar-refractivity contribution is 0.159. The molecule has 0 radical (unpaired) electrons. The number of nitrogens with one attached hydrogen (secondary N) is 2. The Labute approximate surface area is 168 Å². The Morgan fingerprint density at radius 3 is 2.88 bits per heavy atom. The molecule has 0 saturated carbocycles. The van der Waals surface area contributed by atoms with Crippen molar-refractivity contribution >= 4 is 29.9 Å². The van der Waals surface area contributed by atoms with E-state index in [1.54, 1.807) is 0 Å². The first-order valence-corrected chi connectivity index (χ1v) is 9.37. The van der Waals surface area contributed by atoms with Gasteiger partial charge in [0.2, 0.25) is 0 Å². The molecule has 3 heterocycles. The summed E-state index contributed by atoms with van der Waals surface area (Å²) in [5.74, 6) is 2.97. The average molecular weight is 461 g/mol. The molecule has 3 rings (SSSR count). The first-order valence-electron chi connectivity index (χ1n) is 9.37. The highest BCUT2D eigenvalue weighted by atomic mass is 127. The van der Waals surface area contributed by atoms with Crippen molar-refractivity contribution < 1.29 is 0 Å². The second-order valence-corrected chi connectivity index (χ2v) is 6.87. The molecule has 142 valence electrons. The number of guanidine groups is 1. The molecule has 7 nitrogen and oxygen atoms in total. The van der Waals surface area contributed by atoms with Crippen molar-refractivity contribution in [2.75, 3.05) is 26.7 Å². The lowest BCUT2D eigenvalue weighted by Gasteiger charge is -2.33. The first-order chi connectivity index (χ1) is 11.8. The van der Waals surface area contributed by atoms with Crippen molar-refractivity contribution in [1.82, 2.24) is 30.3 Å². The van der Waals surface area contributed by atoms with E-state index in [1.165, 1.54) is 38.8 Å². The van der Waals surface area contributed by atoms with Gasteiger partial charge in [0.25, 0.3) is 0 Å². The Bertz CT molecular complexity index is 557. The molecule has 1 aromatic rings. The van der Waals surface area contributed by atoms with Crippen LogP contribution in [0, 0.1) is 0 Å². The van der Waals surface area contributed by atoms with Crippen LogP contribution in [0.4, 0.5) is 0 Å². The van der Waals surface area contributed by atoms with E-state index in [2.05, 4.69) is 42.2 Å². The van der Waals surface area contributed by atoms with Gasteiger partial charge in [0, 0.05) is 39.1 Å². The summed E-state index contributed by atoms with van der Waals surface area (Å²) in [4.78, 5) is 6.92. The van der Waals surface area contributed by atoms with E-state index in [1.807, 2.05) is 7.05 Å². The molecule has 0 spiro atoms. The smallest absolute Gasteiger partial charge is 0.191 e. The number of piperidine rings is 1. The molecule has 25 heavy (non-hydrogen) atoms. The van der Waals surface area contributed by atoms with Gasteiger partial charge >= 0.3 is 0 Å². The topological polar surface area (TPSA) is 70.4 Å². The summed E-state index contributed by atoms with van der Waals surface area (Å²) >= 11 is 0. The van der Waals surface area contributed by atoms with E-state index in [9.17, 15) is 0 Å². The minimum absolute atomic E-state index is 0. The molecule has 1 aromatic heterocycles. The third kappa shape index (κ3) is 5.54. The molecule has 0 bridgehead atoms. The van der Waals surface area contributed by atoms with E-state index in [0.29, 0.717) is 6.54 Å². The average Bonchev–Trinajstić information content (AvgIpc) is 3.20. The molecule has 1 atom stereocenters. The maximum atomic E-state index is 4.30. The maximum absolute atomic E-state index is 4.30. The van der Waals surface area contributed by atoms with Crippen molar-refractivity contribution in [2.24, 2.45) is 4.99 Å². The summed E-state index contributed by atoms with van der Waals surface area (Å²) in [6.45, 7) is 7.44. The number of aryl methyl sites for hydroxylation is 1. The van der Waals surface area contributed by atoms with Crippen LogP contribution in [0.3, 0.4) is 0 Å². The Hall–Kier alpha value is -0.900. The Balaban J connectivity index is 0.00000225. The van der Waals surface area contributed by atoms with Gasteiger partial charge in [-0.3, -0.25) is 4.99 Å². The van der Waals surface area contributed by atoms with Crippen LogP contribution in [0.1, 0.15) is 50.7 Å². The number of halogens is 1. The number of aliphatic imine (C=N–C) groups is 1. The van der Waals surface area contributed by atoms with Crippen molar-refractivity contribution in [1.29, 1.82) is 0 Å². The minimum Gasteiger partial charge on any atom is -0.356 e. The summed E-state index contributed by atoms with van der Waals surface area (Å²) in [7, 11) is 1.82. The van der Waals surface area contributed by atoms with Crippen LogP contribution >= 0.6 is 24.0 Å². The van der Waals surface area contributed by atoms with Crippen LogP contribution in [0.2, 0.25) is 0 Å². The monoisotopic (exact) mass is 461 g/mol. The third-order valence-electron chi connectivity index (χ3n) is 5.18. The fourth-order valence-corrected chi connectivity index (χ4v) is 3.70. The molecule has 2 aliphatic heterocycles. The van der Waals surface area contributed by atoms with Crippen LogP contribution in [0.15, 0.2) is 4.99 Å². The summed E-state index contributed by atoms with van der Waals surface area (Å²) in [6, 6.07) is 0.742. The van der Waals surface area contributed by atoms with E-state index in [-0.39, 0.29) is 24.0 Å². The molecular formula is C17H32IN7. The summed E-state index contributed by atoms with van der Waals surface area (Å²) in [5, 5.41) is 15.3. The lowest BCUT2D eigenvalue weighted by Crippen LogP contribution is -2.41. The minimum atomic E-state index is 0. The zero-order chi connectivity index (χ0) is 16.8. The van der Waals surface area contributed by atoms with Gasteiger partial charge in [0.1, 0.15) is 5.82 Å². The van der Waals surface area contributed by atoms with Gasteiger partial charge in [-0.25, -0.2) is 0 Å². The second-order valence-electron chi connectivity index (χ2n) is 6.87. The van der Waals surface area contributed by atoms with E-state index in [4.69, 9.17) is 0 Å². The van der Waals surface area contributed by atoms with Crippen LogP contribution in [0.25, 0.3) is 0 Å². The SMILES string of the molecule is CN=C(NCCCN1CCCCC1C)NCc1nnc2n1CCC2.I. The number of fused-ring (bicyclic) bond motifs is 1. The Kier molecular flexibility index (Phi) is 8.41. The molecule has 8 heteroatoms. The third-order valence-corrected chi connectivity index (χ3v) is 5.18. The summed E-state index contributed by atoms with van der Waals surface area (Å²) < 4.78 is 2.22. The van der Waals surface area contributed by atoms with Gasteiger partial charge in [-0.2, -0.15) is 0 Å². The van der Waals surface area contributed by atoms with E-state index < -0.39 is 0 Å². The van der Waals surface area contributed by atoms with Gasteiger partial charge < -0.3 is 20.1 Å². The number of rotatable bonds is 6. The summed E-state index contributed by atoms with van der Waals surface area (Å²) in [5.41, 5.74) is 0. The Morgan fingerprint density at radius 1 is 1.20 bits per heavy atom. The van der Waals surface area contributed by atoms with Crippen LogP contribution < -0.4 is 10.6 Å². The lowest BCUT2D eigenvalue weighted by atomic mass is 10.0. The highest BCUT2D eigenvalue weighted by Gasteiger charge is 2.18. The number of aromatic nitrogens is 3.